The molecular weight excluding hydrogens is 364 g/mol. The number of ether oxygens (including phenoxy) is 1. The van der Waals surface area contributed by atoms with Crippen LogP contribution in [-0.2, 0) is 4.79 Å². The van der Waals surface area contributed by atoms with E-state index in [1.807, 2.05) is 4.90 Å². The van der Waals surface area contributed by atoms with Crippen molar-refractivity contribution in [3.05, 3.63) is 33.9 Å². The predicted molar refractivity (Wildman–Crippen MR) is 102 cm³/mol. The molecule has 2 aliphatic rings. The fourth-order valence-electron chi connectivity index (χ4n) is 3.74. The number of likely N-dealkylation sites (tertiary alicyclic amines) is 1. The SMILES string of the molecule is COc1ccc(C(=O)N2CCCN(CC(=O)N3CCCC3)CC2)cc1[N+](=O)[O-]. The van der Waals surface area contributed by atoms with Gasteiger partial charge in [0.1, 0.15) is 0 Å². The number of nitro benzene ring substituents is 1. The largest absolute Gasteiger partial charge is 0.490 e. The number of nitro groups is 1. The van der Waals surface area contributed by atoms with Crippen molar-refractivity contribution in [1.82, 2.24) is 14.7 Å². The summed E-state index contributed by atoms with van der Waals surface area (Å²) in [4.78, 5) is 41.5. The first kappa shape index (κ1) is 20.1. The number of amides is 2. The second kappa shape index (κ2) is 9.01. The summed E-state index contributed by atoms with van der Waals surface area (Å²) in [5.74, 6) is 0.0468. The molecule has 28 heavy (non-hydrogen) atoms. The summed E-state index contributed by atoms with van der Waals surface area (Å²) in [6, 6.07) is 4.26. The van der Waals surface area contributed by atoms with E-state index in [4.69, 9.17) is 4.74 Å². The molecule has 0 aliphatic carbocycles. The number of rotatable bonds is 5. The molecular formula is C19H26N4O5. The second-order valence-corrected chi connectivity index (χ2v) is 7.15. The average Bonchev–Trinajstić information content (AvgIpc) is 3.14. The molecule has 3 rings (SSSR count). The Morgan fingerprint density at radius 3 is 2.43 bits per heavy atom. The van der Waals surface area contributed by atoms with E-state index in [-0.39, 0.29) is 28.8 Å². The van der Waals surface area contributed by atoms with E-state index < -0.39 is 4.92 Å². The van der Waals surface area contributed by atoms with Gasteiger partial charge in [0.05, 0.1) is 18.6 Å². The topological polar surface area (TPSA) is 96.2 Å². The Labute approximate surface area is 164 Å². The first-order chi connectivity index (χ1) is 13.5. The van der Waals surface area contributed by atoms with E-state index in [1.165, 1.54) is 19.2 Å². The molecule has 0 unspecified atom stereocenters. The Balaban J connectivity index is 1.62. The van der Waals surface area contributed by atoms with E-state index in [2.05, 4.69) is 4.90 Å². The first-order valence-corrected chi connectivity index (χ1v) is 9.61. The summed E-state index contributed by atoms with van der Waals surface area (Å²) < 4.78 is 4.99. The Morgan fingerprint density at radius 2 is 1.75 bits per heavy atom. The van der Waals surface area contributed by atoms with Gasteiger partial charge >= 0.3 is 5.69 Å². The minimum absolute atomic E-state index is 0.129. The van der Waals surface area contributed by atoms with Crippen LogP contribution >= 0.6 is 0 Å². The highest BCUT2D eigenvalue weighted by Crippen LogP contribution is 2.28. The third kappa shape index (κ3) is 4.59. The standard InChI is InChI=1S/C19H26N4O5/c1-28-17-6-5-15(13-16(17)23(26)27)19(25)22-10-4-7-20(11-12-22)14-18(24)21-8-2-3-9-21/h5-6,13H,2-4,7-12,14H2,1H3. The van der Waals surface area contributed by atoms with Crippen LogP contribution in [0.4, 0.5) is 5.69 Å². The van der Waals surface area contributed by atoms with Gasteiger partial charge in [-0.05, 0) is 31.4 Å². The van der Waals surface area contributed by atoms with Crippen LogP contribution < -0.4 is 4.74 Å². The summed E-state index contributed by atoms with van der Waals surface area (Å²) in [5, 5.41) is 11.2. The molecule has 0 atom stereocenters. The van der Waals surface area contributed by atoms with Gasteiger partial charge in [-0.25, -0.2) is 0 Å². The van der Waals surface area contributed by atoms with Crippen molar-refractivity contribution in [2.75, 3.05) is 52.9 Å². The van der Waals surface area contributed by atoms with E-state index in [0.29, 0.717) is 26.2 Å². The molecule has 0 N–H and O–H groups in total. The fraction of sp³-hybridized carbons (Fsp3) is 0.579. The predicted octanol–water partition coefficient (Wildman–Crippen LogP) is 1.37. The van der Waals surface area contributed by atoms with Crippen LogP contribution in [0.15, 0.2) is 18.2 Å². The number of benzene rings is 1. The van der Waals surface area contributed by atoms with Gasteiger partial charge in [0.25, 0.3) is 5.91 Å². The van der Waals surface area contributed by atoms with Crippen LogP contribution in [0.5, 0.6) is 5.75 Å². The molecule has 0 bridgehead atoms. The smallest absolute Gasteiger partial charge is 0.311 e. The highest BCUT2D eigenvalue weighted by Gasteiger charge is 2.26. The molecule has 2 fully saturated rings. The molecule has 0 radical (unpaired) electrons. The summed E-state index contributed by atoms with van der Waals surface area (Å²) in [5.41, 5.74) is 0.0510. The molecule has 1 aromatic rings. The normalized spacial score (nSPS) is 18.0. The highest BCUT2D eigenvalue weighted by atomic mass is 16.6. The van der Waals surface area contributed by atoms with Crippen LogP contribution in [-0.4, -0.2) is 84.4 Å². The lowest BCUT2D eigenvalue weighted by atomic mass is 10.1. The Hall–Kier alpha value is -2.68. The van der Waals surface area contributed by atoms with Crippen LogP contribution in [0, 0.1) is 10.1 Å². The van der Waals surface area contributed by atoms with Crippen molar-refractivity contribution < 1.29 is 19.2 Å². The van der Waals surface area contributed by atoms with Crippen molar-refractivity contribution >= 4 is 17.5 Å². The van der Waals surface area contributed by atoms with Gasteiger partial charge in [-0.15, -0.1) is 0 Å². The number of hydrogen-bond acceptors (Lipinski definition) is 6. The zero-order valence-corrected chi connectivity index (χ0v) is 16.1. The minimum atomic E-state index is -0.552. The number of hydrogen-bond donors (Lipinski definition) is 0. The molecule has 0 saturated carbocycles. The summed E-state index contributed by atoms with van der Waals surface area (Å²) in [7, 11) is 1.36. The number of carbonyl (C=O) groups is 2. The summed E-state index contributed by atoms with van der Waals surface area (Å²) in [6.07, 6.45) is 2.90. The van der Waals surface area contributed by atoms with Crippen molar-refractivity contribution in [2.45, 2.75) is 19.3 Å². The van der Waals surface area contributed by atoms with E-state index in [9.17, 15) is 19.7 Å². The number of carbonyl (C=O) groups excluding carboxylic acids is 2. The maximum absolute atomic E-state index is 12.8. The lowest BCUT2D eigenvalue weighted by Crippen LogP contribution is -2.41. The van der Waals surface area contributed by atoms with Crippen LogP contribution in [0.1, 0.15) is 29.6 Å². The molecule has 2 amide bonds. The Kier molecular flexibility index (Phi) is 6.45. The highest BCUT2D eigenvalue weighted by molar-refractivity contribution is 5.95. The van der Waals surface area contributed by atoms with E-state index >= 15 is 0 Å². The van der Waals surface area contributed by atoms with Crippen molar-refractivity contribution in [3.63, 3.8) is 0 Å². The number of methoxy groups -OCH3 is 1. The summed E-state index contributed by atoms with van der Waals surface area (Å²) in [6.45, 7) is 4.49. The molecule has 2 aliphatic heterocycles. The molecule has 2 heterocycles. The molecule has 9 heteroatoms. The molecule has 2 saturated heterocycles. The van der Waals surface area contributed by atoms with E-state index in [1.54, 1.807) is 11.0 Å². The summed E-state index contributed by atoms with van der Waals surface area (Å²) >= 11 is 0. The Bertz CT molecular complexity index is 748. The third-order valence-corrected chi connectivity index (χ3v) is 5.32. The van der Waals surface area contributed by atoms with Gasteiger partial charge < -0.3 is 14.5 Å². The second-order valence-electron chi connectivity index (χ2n) is 7.15. The third-order valence-electron chi connectivity index (χ3n) is 5.32. The Morgan fingerprint density at radius 1 is 1.04 bits per heavy atom. The van der Waals surface area contributed by atoms with Gasteiger partial charge in [0.15, 0.2) is 5.75 Å². The maximum atomic E-state index is 12.8. The van der Waals surface area contributed by atoms with E-state index in [0.717, 1.165) is 38.9 Å². The monoisotopic (exact) mass is 390 g/mol. The average molecular weight is 390 g/mol. The van der Waals surface area contributed by atoms with Gasteiger partial charge in [-0.3, -0.25) is 24.6 Å². The van der Waals surface area contributed by atoms with Crippen molar-refractivity contribution in [3.8, 4) is 5.75 Å². The lowest BCUT2D eigenvalue weighted by Gasteiger charge is -2.24. The lowest BCUT2D eigenvalue weighted by molar-refractivity contribution is -0.385. The fourth-order valence-corrected chi connectivity index (χ4v) is 3.74. The van der Waals surface area contributed by atoms with Crippen LogP contribution in [0.25, 0.3) is 0 Å². The van der Waals surface area contributed by atoms with Gasteiger partial charge in [0.2, 0.25) is 5.91 Å². The van der Waals surface area contributed by atoms with Gasteiger partial charge in [-0.2, -0.15) is 0 Å². The molecule has 0 spiro atoms. The zero-order valence-electron chi connectivity index (χ0n) is 16.1. The number of nitrogens with zero attached hydrogens (tertiary/aromatic N) is 4. The maximum Gasteiger partial charge on any atom is 0.311 e. The van der Waals surface area contributed by atoms with Gasteiger partial charge in [-0.1, -0.05) is 0 Å². The van der Waals surface area contributed by atoms with Crippen molar-refractivity contribution in [1.29, 1.82) is 0 Å². The first-order valence-electron chi connectivity index (χ1n) is 9.61. The molecule has 1 aromatic carbocycles. The quantitative estimate of drug-likeness (QED) is 0.557. The minimum Gasteiger partial charge on any atom is -0.490 e. The van der Waals surface area contributed by atoms with Crippen LogP contribution in [0.3, 0.4) is 0 Å². The van der Waals surface area contributed by atoms with Gasteiger partial charge in [0, 0.05) is 50.9 Å². The van der Waals surface area contributed by atoms with Crippen molar-refractivity contribution in [2.24, 2.45) is 0 Å². The van der Waals surface area contributed by atoms with Crippen LogP contribution in [0.2, 0.25) is 0 Å². The molecule has 9 nitrogen and oxygen atoms in total. The molecule has 152 valence electrons. The molecule has 0 aromatic heterocycles. The zero-order chi connectivity index (χ0) is 20.1.